The fraction of sp³-hybridized carbons (Fsp3) is 0.250. The maximum atomic E-state index is 10.2. The van der Waals surface area contributed by atoms with Crippen LogP contribution >= 0.6 is 0 Å². The summed E-state index contributed by atoms with van der Waals surface area (Å²) in [7, 11) is 0. The molecule has 1 N–H and O–H groups in total. The van der Waals surface area contributed by atoms with Gasteiger partial charge in [0.15, 0.2) is 0 Å². The maximum Gasteiger partial charge on any atom is 0.330 e. The van der Waals surface area contributed by atoms with Crippen molar-refractivity contribution >= 4 is 5.97 Å². The Balaban J connectivity index is 3.86. The highest BCUT2D eigenvalue weighted by Gasteiger charge is 1.95. The molecule has 0 saturated heterocycles. The van der Waals surface area contributed by atoms with E-state index in [1.54, 1.807) is 12.2 Å². The van der Waals surface area contributed by atoms with Crippen molar-refractivity contribution in [1.29, 1.82) is 5.26 Å². The van der Waals surface area contributed by atoms with Crippen LogP contribution in [0.15, 0.2) is 23.8 Å². The molecule has 0 aliphatic heterocycles. The van der Waals surface area contributed by atoms with Gasteiger partial charge in [0, 0.05) is 11.6 Å². The summed E-state index contributed by atoms with van der Waals surface area (Å²) < 4.78 is 0. The molecule has 0 atom stereocenters. The van der Waals surface area contributed by atoms with Crippen molar-refractivity contribution < 1.29 is 9.90 Å². The molecule has 0 spiro atoms. The summed E-state index contributed by atoms with van der Waals surface area (Å²) in [5, 5.41) is 16.4. The fourth-order valence-corrected chi connectivity index (χ4v) is 0.453. The molecule has 0 heterocycles. The van der Waals surface area contributed by atoms with Gasteiger partial charge >= 0.3 is 5.97 Å². The SMILES string of the molecule is CC(=CCC=CC#N)C(=O)O. The Morgan fingerprint density at radius 2 is 2.36 bits per heavy atom. The molecule has 0 rings (SSSR count). The minimum atomic E-state index is -0.921. The molecule has 0 aromatic rings. The first-order valence-electron chi connectivity index (χ1n) is 3.13. The van der Waals surface area contributed by atoms with Gasteiger partial charge in [-0.2, -0.15) is 5.26 Å². The fourth-order valence-electron chi connectivity index (χ4n) is 0.453. The normalized spacial score (nSPS) is 11.5. The Morgan fingerprint density at radius 1 is 1.73 bits per heavy atom. The van der Waals surface area contributed by atoms with Gasteiger partial charge in [0.25, 0.3) is 0 Å². The van der Waals surface area contributed by atoms with Gasteiger partial charge < -0.3 is 5.11 Å². The van der Waals surface area contributed by atoms with E-state index in [1.165, 1.54) is 13.0 Å². The second kappa shape index (κ2) is 5.24. The summed E-state index contributed by atoms with van der Waals surface area (Å²) in [6.45, 7) is 1.52. The van der Waals surface area contributed by atoms with Crippen LogP contribution < -0.4 is 0 Å². The minimum absolute atomic E-state index is 0.299. The largest absolute Gasteiger partial charge is 0.478 e. The second-order valence-electron chi connectivity index (χ2n) is 1.96. The van der Waals surface area contributed by atoms with Crippen LogP contribution in [-0.4, -0.2) is 11.1 Å². The number of aliphatic carboxylic acids is 1. The number of nitrogens with zero attached hydrogens (tertiary/aromatic N) is 1. The molecule has 0 saturated carbocycles. The summed E-state index contributed by atoms with van der Waals surface area (Å²) in [5.74, 6) is -0.921. The van der Waals surface area contributed by atoms with Crippen LogP contribution in [-0.2, 0) is 4.79 Å². The lowest BCUT2D eigenvalue weighted by atomic mass is 10.2. The first kappa shape index (κ1) is 9.44. The molecule has 0 bridgehead atoms. The molecule has 0 radical (unpaired) electrons. The third-order valence-corrected chi connectivity index (χ3v) is 1.09. The molecule has 11 heavy (non-hydrogen) atoms. The van der Waals surface area contributed by atoms with Crippen LogP contribution in [0.4, 0.5) is 0 Å². The highest BCUT2D eigenvalue weighted by Crippen LogP contribution is 1.95. The molecule has 0 aromatic carbocycles. The van der Waals surface area contributed by atoms with Crippen molar-refractivity contribution in [2.75, 3.05) is 0 Å². The van der Waals surface area contributed by atoms with Crippen LogP contribution in [0.2, 0.25) is 0 Å². The Morgan fingerprint density at radius 3 is 2.82 bits per heavy atom. The Hall–Kier alpha value is -1.56. The molecule has 58 valence electrons. The smallest absolute Gasteiger partial charge is 0.330 e. The molecule has 0 aliphatic rings. The van der Waals surface area contributed by atoms with E-state index < -0.39 is 5.97 Å². The first-order valence-corrected chi connectivity index (χ1v) is 3.13. The van der Waals surface area contributed by atoms with E-state index in [1.807, 2.05) is 6.07 Å². The first-order chi connectivity index (χ1) is 5.18. The molecule has 0 unspecified atom stereocenters. The molecular weight excluding hydrogens is 142 g/mol. The number of hydrogen-bond acceptors (Lipinski definition) is 2. The van der Waals surface area contributed by atoms with Crippen LogP contribution in [0.5, 0.6) is 0 Å². The van der Waals surface area contributed by atoms with Crippen molar-refractivity contribution in [2.24, 2.45) is 0 Å². The van der Waals surface area contributed by atoms with E-state index in [2.05, 4.69) is 0 Å². The summed E-state index contributed by atoms with van der Waals surface area (Å²) >= 11 is 0. The van der Waals surface area contributed by atoms with Crippen LogP contribution in [0.1, 0.15) is 13.3 Å². The van der Waals surface area contributed by atoms with Gasteiger partial charge in [-0.25, -0.2) is 4.79 Å². The number of carbonyl (C=O) groups is 1. The minimum Gasteiger partial charge on any atom is -0.478 e. The second-order valence-corrected chi connectivity index (χ2v) is 1.96. The zero-order valence-electron chi connectivity index (χ0n) is 6.24. The average molecular weight is 151 g/mol. The monoisotopic (exact) mass is 151 g/mol. The number of allylic oxidation sites excluding steroid dienone is 3. The summed E-state index contributed by atoms with van der Waals surface area (Å²) in [6.07, 6.45) is 4.97. The topological polar surface area (TPSA) is 61.1 Å². The molecule has 0 amide bonds. The highest BCUT2D eigenvalue weighted by atomic mass is 16.4. The predicted octanol–water partition coefficient (Wildman–Crippen LogP) is 1.49. The summed E-state index contributed by atoms with van der Waals surface area (Å²) in [4.78, 5) is 10.2. The van der Waals surface area contributed by atoms with Gasteiger partial charge in [0.05, 0.1) is 6.07 Å². The van der Waals surface area contributed by atoms with Crippen LogP contribution in [0, 0.1) is 11.3 Å². The van der Waals surface area contributed by atoms with Crippen LogP contribution in [0.3, 0.4) is 0 Å². The Kier molecular flexibility index (Phi) is 4.50. The van der Waals surface area contributed by atoms with E-state index in [9.17, 15) is 4.79 Å². The standard InChI is InChI=1S/C8H9NO2/c1-7(8(10)11)5-3-2-4-6-9/h2,4-5H,3H2,1H3,(H,10,11). The lowest BCUT2D eigenvalue weighted by Crippen LogP contribution is -1.94. The maximum absolute atomic E-state index is 10.2. The quantitative estimate of drug-likeness (QED) is 0.491. The molecule has 0 aromatic heterocycles. The summed E-state index contributed by atoms with van der Waals surface area (Å²) in [5.41, 5.74) is 0.299. The van der Waals surface area contributed by atoms with E-state index >= 15 is 0 Å². The average Bonchev–Trinajstić information content (AvgIpc) is 1.97. The highest BCUT2D eigenvalue weighted by molar-refractivity contribution is 5.85. The number of nitriles is 1. The molecule has 3 nitrogen and oxygen atoms in total. The predicted molar refractivity (Wildman–Crippen MR) is 40.8 cm³/mol. The third-order valence-electron chi connectivity index (χ3n) is 1.09. The van der Waals surface area contributed by atoms with Crippen molar-refractivity contribution in [2.45, 2.75) is 13.3 Å². The Labute approximate surface area is 65.3 Å². The van der Waals surface area contributed by atoms with Crippen molar-refractivity contribution in [1.82, 2.24) is 0 Å². The van der Waals surface area contributed by atoms with Crippen LogP contribution in [0.25, 0.3) is 0 Å². The molecule has 0 aliphatic carbocycles. The molecular formula is C8H9NO2. The number of carboxylic acid groups (broad SMARTS) is 1. The van der Waals surface area contributed by atoms with Gasteiger partial charge in [0.1, 0.15) is 0 Å². The van der Waals surface area contributed by atoms with Gasteiger partial charge in [0.2, 0.25) is 0 Å². The molecule has 3 heteroatoms. The van der Waals surface area contributed by atoms with Gasteiger partial charge in [-0.15, -0.1) is 0 Å². The number of carboxylic acids is 1. The lowest BCUT2D eigenvalue weighted by molar-refractivity contribution is -0.132. The van der Waals surface area contributed by atoms with E-state index in [0.717, 1.165) is 0 Å². The Bertz CT molecular complexity index is 233. The third kappa shape index (κ3) is 4.91. The summed E-state index contributed by atoms with van der Waals surface area (Å²) in [6, 6.07) is 1.81. The molecule has 0 fully saturated rings. The van der Waals surface area contributed by atoms with Gasteiger partial charge in [-0.1, -0.05) is 12.2 Å². The van der Waals surface area contributed by atoms with Crippen molar-refractivity contribution in [3.8, 4) is 6.07 Å². The van der Waals surface area contributed by atoms with Crippen molar-refractivity contribution in [3.63, 3.8) is 0 Å². The van der Waals surface area contributed by atoms with E-state index in [-0.39, 0.29) is 0 Å². The zero-order valence-corrected chi connectivity index (χ0v) is 6.24. The zero-order chi connectivity index (χ0) is 8.69. The van der Waals surface area contributed by atoms with E-state index in [0.29, 0.717) is 12.0 Å². The number of hydrogen-bond donors (Lipinski definition) is 1. The van der Waals surface area contributed by atoms with E-state index in [4.69, 9.17) is 10.4 Å². The van der Waals surface area contributed by atoms with Gasteiger partial charge in [-0.3, -0.25) is 0 Å². The lowest BCUT2D eigenvalue weighted by Gasteiger charge is -1.88. The van der Waals surface area contributed by atoms with Gasteiger partial charge in [-0.05, 0) is 13.3 Å². The number of rotatable bonds is 3. The van der Waals surface area contributed by atoms with Crippen molar-refractivity contribution in [3.05, 3.63) is 23.8 Å².